The predicted molar refractivity (Wildman–Crippen MR) is 168 cm³/mol. The number of pyridine rings is 1. The van der Waals surface area contributed by atoms with Crippen molar-refractivity contribution in [3.63, 3.8) is 0 Å². The smallest absolute Gasteiger partial charge is 0.145 e. The number of hydrogen-bond acceptors (Lipinski definition) is 2. The zero-order chi connectivity index (χ0) is 26.3. The molecule has 0 saturated carbocycles. The maximum absolute atomic E-state index is 5.23. The van der Waals surface area contributed by atoms with Crippen LogP contribution in [0.5, 0.6) is 0 Å². The third-order valence-electron chi connectivity index (χ3n) is 6.95. The van der Waals surface area contributed by atoms with Gasteiger partial charge in [0, 0.05) is 32.0 Å². The van der Waals surface area contributed by atoms with Crippen molar-refractivity contribution < 1.29 is 0 Å². The Morgan fingerprint density at radius 3 is 1.97 bits per heavy atom. The number of nitrogens with zero attached hydrogens (tertiary/aromatic N) is 3. The molecule has 0 N–H and O–H groups in total. The minimum atomic E-state index is 0.879. The van der Waals surface area contributed by atoms with Gasteiger partial charge in [0.25, 0.3) is 0 Å². The molecule has 186 valence electrons. The van der Waals surface area contributed by atoms with Crippen LogP contribution in [0.4, 0.5) is 0 Å². The van der Waals surface area contributed by atoms with Crippen LogP contribution in [0.2, 0.25) is 0 Å². The van der Waals surface area contributed by atoms with Gasteiger partial charge in [0.2, 0.25) is 0 Å². The highest BCUT2D eigenvalue weighted by molar-refractivity contribution is 9.11. The Labute approximate surface area is 243 Å². The number of imidazole rings is 1. The van der Waals surface area contributed by atoms with Crippen molar-refractivity contribution in [1.29, 1.82) is 0 Å². The van der Waals surface area contributed by atoms with Gasteiger partial charge in [-0.25, -0.2) is 4.98 Å². The molecule has 0 unspecified atom stereocenters. The van der Waals surface area contributed by atoms with E-state index in [1.807, 2.05) is 18.3 Å². The van der Waals surface area contributed by atoms with Gasteiger partial charge >= 0.3 is 0 Å². The topological polar surface area (TPSA) is 30.7 Å². The molecule has 0 aliphatic heterocycles. The summed E-state index contributed by atoms with van der Waals surface area (Å²) in [5, 5.41) is 2.40. The Morgan fingerprint density at radius 2 is 1.21 bits per heavy atom. The van der Waals surface area contributed by atoms with Gasteiger partial charge in [-0.1, -0.05) is 111 Å². The standard InChI is InChI=1S/C34H21Br2N3/c35-28-19-27(20-29(36)21-28)23-10-13-24(14-11-23)34-38-33-31(39(34)30-8-2-1-3-9-30)16-17-37-32(33)26-15-12-22-6-4-5-7-25(22)18-26/h1-21H. The lowest BCUT2D eigenvalue weighted by atomic mass is 10.0. The summed E-state index contributed by atoms with van der Waals surface area (Å²) in [6, 6.07) is 42.2. The van der Waals surface area contributed by atoms with E-state index in [-0.39, 0.29) is 0 Å². The lowest BCUT2D eigenvalue weighted by Gasteiger charge is -2.10. The fourth-order valence-electron chi connectivity index (χ4n) is 5.12. The highest BCUT2D eigenvalue weighted by Gasteiger charge is 2.18. The molecule has 7 rings (SSSR count). The second-order valence-electron chi connectivity index (χ2n) is 9.43. The first-order chi connectivity index (χ1) is 19.1. The van der Waals surface area contributed by atoms with E-state index in [9.17, 15) is 0 Å². The van der Waals surface area contributed by atoms with Gasteiger partial charge in [0.05, 0.1) is 11.2 Å². The van der Waals surface area contributed by atoms with Crippen LogP contribution >= 0.6 is 31.9 Å². The number of hydrogen-bond donors (Lipinski definition) is 0. The first-order valence-electron chi connectivity index (χ1n) is 12.6. The number of para-hydroxylation sites is 1. The van der Waals surface area contributed by atoms with E-state index in [4.69, 9.17) is 9.97 Å². The van der Waals surface area contributed by atoms with Crippen molar-refractivity contribution in [3.05, 3.63) is 136 Å². The Kier molecular flexibility index (Phi) is 6.11. The van der Waals surface area contributed by atoms with Crippen LogP contribution < -0.4 is 0 Å². The number of rotatable bonds is 4. The fourth-order valence-corrected chi connectivity index (χ4v) is 6.41. The number of benzene rings is 5. The van der Waals surface area contributed by atoms with E-state index < -0.39 is 0 Å². The minimum absolute atomic E-state index is 0.879. The van der Waals surface area contributed by atoms with E-state index in [0.29, 0.717) is 0 Å². The van der Waals surface area contributed by atoms with Crippen LogP contribution in [-0.4, -0.2) is 14.5 Å². The molecule has 5 heteroatoms. The number of fused-ring (bicyclic) bond motifs is 2. The minimum Gasteiger partial charge on any atom is -0.292 e. The Hall–Kier alpha value is -4.06. The molecule has 7 aromatic rings. The first kappa shape index (κ1) is 24.0. The zero-order valence-corrected chi connectivity index (χ0v) is 23.9. The van der Waals surface area contributed by atoms with E-state index in [2.05, 4.69) is 146 Å². The van der Waals surface area contributed by atoms with Crippen LogP contribution in [0.1, 0.15) is 0 Å². The molecule has 0 radical (unpaired) electrons. The molecule has 2 aromatic heterocycles. The fraction of sp³-hybridized carbons (Fsp3) is 0. The molecule has 39 heavy (non-hydrogen) atoms. The average molecular weight is 631 g/mol. The average Bonchev–Trinajstić information content (AvgIpc) is 3.37. The summed E-state index contributed by atoms with van der Waals surface area (Å²) < 4.78 is 4.30. The Morgan fingerprint density at radius 1 is 0.538 bits per heavy atom. The van der Waals surface area contributed by atoms with Gasteiger partial charge in [-0.15, -0.1) is 0 Å². The largest absolute Gasteiger partial charge is 0.292 e. The molecule has 0 spiro atoms. The van der Waals surface area contributed by atoms with Gasteiger partial charge < -0.3 is 0 Å². The van der Waals surface area contributed by atoms with Crippen molar-refractivity contribution >= 4 is 53.7 Å². The molecule has 0 fully saturated rings. The molecule has 5 aromatic carbocycles. The Balaban J connectivity index is 1.42. The van der Waals surface area contributed by atoms with Crippen LogP contribution in [0, 0.1) is 0 Å². The molecular weight excluding hydrogens is 610 g/mol. The molecule has 0 bridgehead atoms. The second-order valence-corrected chi connectivity index (χ2v) is 11.3. The third-order valence-corrected chi connectivity index (χ3v) is 7.87. The van der Waals surface area contributed by atoms with Gasteiger partial charge in [0.1, 0.15) is 11.3 Å². The molecule has 0 saturated heterocycles. The van der Waals surface area contributed by atoms with Crippen molar-refractivity contribution in [1.82, 2.24) is 14.5 Å². The Bertz CT molecular complexity index is 1960. The quantitative estimate of drug-likeness (QED) is 0.194. The second kappa shape index (κ2) is 9.92. The van der Waals surface area contributed by atoms with Crippen LogP contribution in [0.15, 0.2) is 136 Å². The van der Waals surface area contributed by atoms with Crippen LogP contribution in [0.3, 0.4) is 0 Å². The van der Waals surface area contributed by atoms with Crippen LogP contribution in [-0.2, 0) is 0 Å². The van der Waals surface area contributed by atoms with E-state index in [1.165, 1.54) is 10.8 Å². The lowest BCUT2D eigenvalue weighted by molar-refractivity contribution is 1.10. The summed E-state index contributed by atoms with van der Waals surface area (Å²) in [7, 11) is 0. The molecule has 0 atom stereocenters. The zero-order valence-electron chi connectivity index (χ0n) is 20.7. The van der Waals surface area contributed by atoms with Crippen molar-refractivity contribution in [3.8, 4) is 39.5 Å². The first-order valence-corrected chi connectivity index (χ1v) is 14.2. The van der Waals surface area contributed by atoms with Crippen LogP contribution in [0.25, 0.3) is 61.3 Å². The summed E-state index contributed by atoms with van der Waals surface area (Å²) in [6.45, 7) is 0. The van der Waals surface area contributed by atoms with E-state index in [0.717, 1.165) is 59.4 Å². The SMILES string of the molecule is Brc1cc(Br)cc(-c2ccc(-c3nc4c(-c5ccc6ccccc6c5)nccc4n3-c3ccccc3)cc2)c1. The van der Waals surface area contributed by atoms with Gasteiger partial charge in [-0.2, -0.15) is 0 Å². The van der Waals surface area contributed by atoms with Crippen molar-refractivity contribution in [2.75, 3.05) is 0 Å². The number of halogens is 2. The lowest BCUT2D eigenvalue weighted by Crippen LogP contribution is -1.97. The maximum Gasteiger partial charge on any atom is 0.145 e. The normalized spacial score (nSPS) is 11.3. The molecule has 0 aliphatic carbocycles. The molecule has 2 heterocycles. The van der Waals surface area contributed by atoms with Gasteiger partial charge in [-0.05, 0) is 64.4 Å². The van der Waals surface area contributed by atoms with Gasteiger partial charge in [-0.3, -0.25) is 9.55 Å². The molecular formula is C34H21Br2N3. The maximum atomic E-state index is 5.23. The molecule has 0 aliphatic rings. The monoisotopic (exact) mass is 629 g/mol. The highest BCUT2D eigenvalue weighted by atomic mass is 79.9. The molecule has 3 nitrogen and oxygen atoms in total. The summed E-state index contributed by atoms with van der Waals surface area (Å²) in [4.78, 5) is 10.0. The van der Waals surface area contributed by atoms with Gasteiger partial charge in [0.15, 0.2) is 0 Å². The number of aromatic nitrogens is 3. The summed E-state index contributed by atoms with van der Waals surface area (Å²) in [6.07, 6.45) is 1.88. The van der Waals surface area contributed by atoms with Crippen molar-refractivity contribution in [2.24, 2.45) is 0 Å². The molecule has 0 amide bonds. The van der Waals surface area contributed by atoms with E-state index >= 15 is 0 Å². The van der Waals surface area contributed by atoms with E-state index in [1.54, 1.807) is 0 Å². The predicted octanol–water partition coefficient (Wildman–Crippen LogP) is 10.1. The summed E-state index contributed by atoms with van der Waals surface area (Å²) in [5.74, 6) is 0.883. The third kappa shape index (κ3) is 4.48. The highest BCUT2D eigenvalue weighted by Crippen LogP contribution is 2.35. The van der Waals surface area contributed by atoms with Crippen molar-refractivity contribution in [2.45, 2.75) is 0 Å². The summed E-state index contributed by atoms with van der Waals surface area (Å²) >= 11 is 7.21. The summed E-state index contributed by atoms with van der Waals surface area (Å²) in [5.41, 5.74) is 8.22.